The fraction of sp³-hybridized carbons (Fsp3) is 0.375. The van der Waals surface area contributed by atoms with Gasteiger partial charge in [-0.2, -0.15) is 13.2 Å². The van der Waals surface area contributed by atoms with E-state index in [1.54, 1.807) is 0 Å². The van der Waals surface area contributed by atoms with Crippen LogP contribution in [0, 0.1) is 0 Å². The summed E-state index contributed by atoms with van der Waals surface area (Å²) in [5, 5.41) is 2.25. The van der Waals surface area contributed by atoms with E-state index in [4.69, 9.17) is 0 Å². The smallest absolute Gasteiger partial charge is 0.303 e. The number of nitrogens with zero attached hydrogens (tertiary/aromatic N) is 1. The average molecular weight is 220 g/mol. The van der Waals surface area contributed by atoms with Crippen LogP contribution >= 0.6 is 11.3 Å². The minimum atomic E-state index is -4.33. The van der Waals surface area contributed by atoms with E-state index in [9.17, 15) is 13.2 Å². The Morgan fingerprint density at radius 3 is 2.79 bits per heavy atom. The van der Waals surface area contributed by atoms with E-state index < -0.39 is 11.2 Å². The molecule has 0 saturated carbocycles. The molecule has 0 saturated heterocycles. The monoisotopic (exact) mass is 220 g/mol. The fourth-order valence-electron chi connectivity index (χ4n) is 1.22. The molecule has 2 rings (SSSR count). The molecule has 1 aromatic rings. The van der Waals surface area contributed by atoms with Gasteiger partial charge >= 0.3 is 6.18 Å². The van der Waals surface area contributed by atoms with Crippen molar-refractivity contribution in [2.75, 3.05) is 6.54 Å². The molecule has 0 bridgehead atoms. The first-order valence-corrected chi connectivity index (χ1v) is 4.82. The molecule has 0 spiro atoms. The molecular weight excluding hydrogens is 213 g/mol. The Bertz CT molecular complexity index is 356. The van der Waals surface area contributed by atoms with Crippen LogP contribution in [0.2, 0.25) is 0 Å². The first-order valence-electron chi connectivity index (χ1n) is 4.00. The zero-order valence-corrected chi connectivity index (χ0v) is 7.82. The van der Waals surface area contributed by atoms with E-state index in [0.29, 0.717) is 22.8 Å². The van der Waals surface area contributed by atoms with Crippen molar-refractivity contribution >= 4 is 11.3 Å². The molecule has 0 amide bonds. The van der Waals surface area contributed by atoms with Gasteiger partial charge in [0.05, 0.1) is 6.04 Å². The number of alkyl halides is 3. The molecule has 76 valence electrons. The SMILES string of the molecule is FC(F)(F)c1ncc(C2C=CCN2)s1. The summed E-state index contributed by atoms with van der Waals surface area (Å²) >= 11 is 0.687. The Morgan fingerprint density at radius 2 is 2.29 bits per heavy atom. The van der Waals surface area contributed by atoms with Crippen molar-refractivity contribution < 1.29 is 13.2 Å². The summed E-state index contributed by atoms with van der Waals surface area (Å²) in [7, 11) is 0. The van der Waals surface area contributed by atoms with Gasteiger partial charge in [0.1, 0.15) is 0 Å². The Morgan fingerprint density at radius 1 is 1.50 bits per heavy atom. The lowest BCUT2D eigenvalue weighted by Crippen LogP contribution is -2.12. The summed E-state index contributed by atoms with van der Waals surface area (Å²) in [4.78, 5) is 3.95. The largest absolute Gasteiger partial charge is 0.443 e. The van der Waals surface area contributed by atoms with Gasteiger partial charge in [0.25, 0.3) is 0 Å². The Labute approximate surface area is 82.5 Å². The number of thiazole rings is 1. The molecule has 6 heteroatoms. The van der Waals surface area contributed by atoms with E-state index in [2.05, 4.69) is 10.3 Å². The second-order valence-electron chi connectivity index (χ2n) is 2.88. The molecule has 14 heavy (non-hydrogen) atoms. The lowest BCUT2D eigenvalue weighted by atomic mass is 10.3. The summed E-state index contributed by atoms with van der Waals surface area (Å²) in [5.74, 6) is 0. The Kier molecular flexibility index (Phi) is 2.32. The maximum absolute atomic E-state index is 12.2. The van der Waals surface area contributed by atoms with Crippen molar-refractivity contribution in [3.63, 3.8) is 0 Å². The summed E-state index contributed by atoms with van der Waals surface area (Å²) < 4.78 is 36.6. The summed E-state index contributed by atoms with van der Waals surface area (Å²) in [5.41, 5.74) is 0. The third kappa shape index (κ3) is 1.80. The van der Waals surface area contributed by atoms with Crippen LogP contribution in [-0.4, -0.2) is 11.5 Å². The zero-order valence-electron chi connectivity index (χ0n) is 7.01. The lowest BCUT2D eigenvalue weighted by Gasteiger charge is -2.04. The van der Waals surface area contributed by atoms with Gasteiger partial charge < -0.3 is 5.32 Å². The number of hydrogen-bond donors (Lipinski definition) is 1. The molecule has 2 heterocycles. The third-order valence-electron chi connectivity index (χ3n) is 1.86. The zero-order chi connectivity index (χ0) is 10.2. The summed E-state index contributed by atoms with van der Waals surface area (Å²) in [6.45, 7) is 0.698. The molecule has 0 aromatic carbocycles. The van der Waals surface area contributed by atoms with Crippen molar-refractivity contribution in [1.29, 1.82) is 0 Å². The molecule has 1 aliphatic heterocycles. The maximum Gasteiger partial charge on any atom is 0.443 e. The van der Waals surface area contributed by atoms with E-state index in [-0.39, 0.29) is 6.04 Å². The minimum absolute atomic E-state index is 0.108. The number of halogens is 3. The van der Waals surface area contributed by atoms with Crippen LogP contribution in [0.15, 0.2) is 18.3 Å². The molecule has 2 nitrogen and oxygen atoms in total. The van der Waals surface area contributed by atoms with Crippen LogP contribution in [0.3, 0.4) is 0 Å². The van der Waals surface area contributed by atoms with Gasteiger partial charge in [-0.15, -0.1) is 11.3 Å². The molecule has 1 atom stereocenters. The second kappa shape index (κ2) is 3.36. The minimum Gasteiger partial charge on any atom is -0.303 e. The summed E-state index contributed by atoms with van der Waals surface area (Å²) in [6.07, 6.45) is 0.678. The molecule has 0 aliphatic carbocycles. The number of nitrogens with one attached hydrogen (secondary N) is 1. The van der Waals surface area contributed by atoms with Crippen molar-refractivity contribution in [2.45, 2.75) is 12.2 Å². The van der Waals surface area contributed by atoms with Gasteiger partial charge in [-0.25, -0.2) is 4.98 Å². The topological polar surface area (TPSA) is 24.9 Å². The van der Waals surface area contributed by atoms with E-state index in [0.717, 1.165) is 0 Å². The predicted octanol–water partition coefficient (Wildman–Crippen LogP) is 2.36. The quantitative estimate of drug-likeness (QED) is 0.735. The maximum atomic E-state index is 12.2. The third-order valence-corrected chi connectivity index (χ3v) is 2.98. The van der Waals surface area contributed by atoms with Gasteiger partial charge in [-0.05, 0) is 0 Å². The van der Waals surface area contributed by atoms with Gasteiger partial charge in [-0.1, -0.05) is 12.2 Å². The molecule has 1 aromatic heterocycles. The number of hydrogen-bond acceptors (Lipinski definition) is 3. The van der Waals surface area contributed by atoms with Gasteiger partial charge in [-0.3, -0.25) is 0 Å². The molecule has 1 N–H and O–H groups in total. The van der Waals surface area contributed by atoms with Crippen LogP contribution < -0.4 is 5.32 Å². The van der Waals surface area contributed by atoms with Crippen LogP contribution in [0.1, 0.15) is 15.9 Å². The van der Waals surface area contributed by atoms with Crippen LogP contribution in [-0.2, 0) is 6.18 Å². The number of aromatic nitrogens is 1. The predicted molar refractivity (Wildman–Crippen MR) is 47.0 cm³/mol. The van der Waals surface area contributed by atoms with E-state index >= 15 is 0 Å². The van der Waals surface area contributed by atoms with Crippen molar-refractivity contribution in [3.8, 4) is 0 Å². The first-order chi connectivity index (χ1) is 6.57. The van der Waals surface area contributed by atoms with Gasteiger partial charge in [0.15, 0.2) is 5.01 Å². The lowest BCUT2D eigenvalue weighted by molar-refractivity contribution is -0.137. The second-order valence-corrected chi connectivity index (χ2v) is 3.94. The Balaban J connectivity index is 2.21. The fourth-order valence-corrected chi connectivity index (χ4v) is 2.06. The van der Waals surface area contributed by atoms with E-state index in [1.165, 1.54) is 6.20 Å². The highest BCUT2D eigenvalue weighted by molar-refractivity contribution is 7.11. The molecule has 1 unspecified atom stereocenters. The molecule has 0 fully saturated rings. The highest BCUT2D eigenvalue weighted by Crippen LogP contribution is 2.34. The van der Waals surface area contributed by atoms with Crippen molar-refractivity contribution in [1.82, 2.24) is 10.3 Å². The molecule has 1 aliphatic rings. The molecule has 0 radical (unpaired) electrons. The Hall–Kier alpha value is -0.880. The first kappa shape index (κ1) is 9.67. The summed E-state index contributed by atoms with van der Waals surface area (Å²) in [6, 6.07) is -0.108. The highest BCUT2D eigenvalue weighted by Gasteiger charge is 2.35. The van der Waals surface area contributed by atoms with E-state index in [1.807, 2.05) is 12.2 Å². The molecular formula is C8H7F3N2S. The standard InChI is InChI=1S/C8H7F3N2S/c9-8(10,11)7-13-4-6(14-7)5-2-1-3-12-5/h1-2,4-5,12H,3H2. The number of rotatable bonds is 1. The van der Waals surface area contributed by atoms with Crippen LogP contribution in [0.4, 0.5) is 13.2 Å². The highest BCUT2D eigenvalue weighted by atomic mass is 32.1. The normalized spacial score (nSPS) is 21.8. The van der Waals surface area contributed by atoms with Crippen LogP contribution in [0.25, 0.3) is 0 Å². The van der Waals surface area contributed by atoms with Crippen molar-refractivity contribution in [2.24, 2.45) is 0 Å². The van der Waals surface area contributed by atoms with Gasteiger partial charge in [0, 0.05) is 17.6 Å². The van der Waals surface area contributed by atoms with Crippen LogP contribution in [0.5, 0.6) is 0 Å². The van der Waals surface area contributed by atoms with Gasteiger partial charge in [0.2, 0.25) is 0 Å². The average Bonchev–Trinajstić information content (AvgIpc) is 2.73. The van der Waals surface area contributed by atoms with Crippen molar-refractivity contribution in [3.05, 3.63) is 28.2 Å².